The van der Waals surface area contributed by atoms with Crippen molar-refractivity contribution in [1.82, 2.24) is 5.32 Å². The van der Waals surface area contributed by atoms with Gasteiger partial charge in [0.05, 0.1) is 0 Å². The summed E-state index contributed by atoms with van der Waals surface area (Å²) in [6.45, 7) is 1.53. The Balaban J connectivity index is 2.19. The number of hydrogen-bond donors (Lipinski definition) is 1. The molecule has 0 heterocycles. The van der Waals surface area contributed by atoms with Crippen molar-refractivity contribution in [2.24, 2.45) is 0 Å². The van der Waals surface area contributed by atoms with Gasteiger partial charge in [-0.1, -0.05) is 23.7 Å². The average molecular weight is 364 g/mol. The minimum absolute atomic E-state index is 0.276. The van der Waals surface area contributed by atoms with E-state index in [2.05, 4.69) is 5.32 Å². The summed E-state index contributed by atoms with van der Waals surface area (Å²) in [7, 11) is 0. The monoisotopic (exact) mass is 363 g/mol. The lowest BCUT2D eigenvalue weighted by Gasteiger charge is -2.15. The molecule has 128 valence electrons. The maximum Gasteiger partial charge on any atom is 0.257 e. The number of rotatable bonds is 4. The third-order valence-electron chi connectivity index (χ3n) is 3.27. The van der Waals surface area contributed by atoms with Crippen LogP contribution in [-0.4, -0.2) is 11.9 Å². The van der Waals surface area contributed by atoms with Gasteiger partial charge in [0.1, 0.15) is 5.56 Å². The van der Waals surface area contributed by atoms with Crippen LogP contribution in [0.5, 0.6) is 0 Å². The van der Waals surface area contributed by atoms with Crippen LogP contribution in [-0.2, 0) is 6.42 Å². The van der Waals surface area contributed by atoms with E-state index >= 15 is 0 Å². The van der Waals surface area contributed by atoms with Crippen molar-refractivity contribution >= 4 is 17.5 Å². The van der Waals surface area contributed by atoms with Crippen molar-refractivity contribution in [3.05, 3.63) is 69.5 Å². The van der Waals surface area contributed by atoms with Crippen molar-refractivity contribution < 1.29 is 26.7 Å². The molecule has 2 aromatic carbocycles. The Hall–Kier alpha value is -2.15. The molecule has 0 saturated carbocycles. The van der Waals surface area contributed by atoms with Crippen molar-refractivity contribution in [2.75, 3.05) is 0 Å². The first kappa shape index (κ1) is 18.2. The Morgan fingerprint density at radius 3 is 1.92 bits per heavy atom. The highest BCUT2D eigenvalue weighted by Gasteiger charge is 2.30. The van der Waals surface area contributed by atoms with E-state index in [1.54, 1.807) is 24.3 Å². The van der Waals surface area contributed by atoms with Gasteiger partial charge in [0.15, 0.2) is 23.3 Å². The fourth-order valence-electron chi connectivity index (χ4n) is 2.13. The maximum atomic E-state index is 13.6. The van der Waals surface area contributed by atoms with E-state index in [4.69, 9.17) is 11.6 Å². The van der Waals surface area contributed by atoms with Crippen LogP contribution < -0.4 is 5.32 Å². The van der Waals surface area contributed by atoms with E-state index in [0.29, 0.717) is 5.02 Å². The lowest BCUT2D eigenvalue weighted by Crippen LogP contribution is -2.35. The van der Waals surface area contributed by atoms with Gasteiger partial charge in [-0.25, -0.2) is 22.0 Å². The van der Waals surface area contributed by atoms with E-state index in [-0.39, 0.29) is 6.42 Å². The third kappa shape index (κ3) is 3.67. The molecule has 1 unspecified atom stereocenters. The highest BCUT2D eigenvalue weighted by molar-refractivity contribution is 6.30. The van der Waals surface area contributed by atoms with Crippen molar-refractivity contribution in [1.29, 1.82) is 0 Å². The topological polar surface area (TPSA) is 29.1 Å². The summed E-state index contributed by atoms with van der Waals surface area (Å²) in [5.41, 5.74) is -0.737. The molecule has 0 aliphatic rings. The lowest BCUT2D eigenvalue weighted by molar-refractivity contribution is 0.0928. The number of amides is 1. The first-order valence-electron chi connectivity index (χ1n) is 6.79. The molecule has 0 saturated heterocycles. The number of nitrogens with one attached hydrogen (secondary N) is 1. The SMILES string of the molecule is CC(Cc1ccc(Cl)cc1)NC(=O)c1c(F)c(F)c(F)c(F)c1F. The zero-order valence-electron chi connectivity index (χ0n) is 12.3. The highest BCUT2D eigenvalue weighted by Crippen LogP contribution is 2.23. The standard InChI is InChI=1S/C16H11ClF5NO/c1-7(6-8-2-4-9(17)5-3-8)23-16(24)10-11(18)13(20)15(22)14(21)12(10)19/h2-5,7H,6H2,1H3,(H,23,24). The molecule has 0 aliphatic carbocycles. The van der Waals surface area contributed by atoms with Crippen LogP contribution in [0.3, 0.4) is 0 Å². The van der Waals surface area contributed by atoms with E-state index < -0.39 is 46.6 Å². The summed E-state index contributed by atoms with van der Waals surface area (Å²) in [6, 6.07) is 5.99. The van der Waals surface area contributed by atoms with Crippen LogP contribution in [0.4, 0.5) is 22.0 Å². The maximum absolute atomic E-state index is 13.6. The summed E-state index contributed by atoms with van der Waals surface area (Å²) in [4.78, 5) is 11.9. The molecule has 1 N–H and O–H groups in total. The van der Waals surface area contributed by atoms with E-state index in [0.717, 1.165) is 5.56 Å². The van der Waals surface area contributed by atoms with Crippen LogP contribution in [0.1, 0.15) is 22.8 Å². The second-order valence-electron chi connectivity index (χ2n) is 5.15. The first-order valence-corrected chi connectivity index (χ1v) is 7.17. The van der Waals surface area contributed by atoms with E-state index in [1.807, 2.05) is 0 Å². The summed E-state index contributed by atoms with van der Waals surface area (Å²) in [5, 5.41) is 2.72. The van der Waals surface area contributed by atoms with Crippen LogP contribution in [0.2, 0.25) is 5.02 Å². The van der Waals surface area contributed by atoms with Crippen LogP contribution in [0.15, 0.2) is 24.3 Å². The molecule has 2 nitrogen and oxygen atoms in total. The number of halogens is 6. The average Bonchev–Trinajstić information content (AvgIpc) is 2.53. The fraction of sp³-hybridized carbons (Fsp3) is 0.188. The molecule has 0 aliphatic heterocycles. The van der Waals surface area contributed by atoms with Gasteiger partial charge in [0.2, 0.25) is 5.82 Å². The Kier molecular flexibility index (Phi) is 5.43. The smallest absolute Gasteiger partial charge is 0.257 e. The number of hydrogen-bond acceptors (Lipinski definition) is 1. The van der Waals surface area contributed by atoms with Gasteiger partial charge in [0, 0.05) is 11.1 Å². The zero-order valence-corrected chi connectivity index (χ0v) is 13.0. The van der Waals surface area contributed by atoms with Gasteiger partial charge in [0.25, 0.3) is 5.91 Å². The molecule has 8 heteroatoms. The Labute approximate surface area is 139 Å². The van der Waals surface area contributed by atoms with Gasteiger partial charge in [-0.3, -0.25) is 4.79 Å². The Morgan fingerprint density at radius 2 is 1.42 bits per heavy atom. The first-order chi connectivity index (χ1) is 11.2. The molecule has 1 atom stereocenters. The van der Waals surface area contributed by atoms with Crippen molar-refractivity contribution in [3.63, 3.8) is 0 Å². The zero-order chi connectivity index (χ0) is 18.0. The number of benzene rings is 2. The molecule has 0 radical (unpaired) electrons. The summed E-state index contributed by atoms with van der Waals surface area (Å²) < 4.78 is 66.4. The van der Waals surface area contributed by atoms with Crippen molar-refractivity contribution in [2.45, 2.75) is 19.4 Å². The molecule has 2 rings (SSSR count). The fourth-order valence-corrected chi connectivity index (χ4v) is 2.25. The van der Waals surface area contributed by atoms with Crippen LogP contribution >= 0.6 is 11.6 Å². The second kappa shape index (κ2) is 7.17. The lowest BCUT2D eigenvalue weighted by atomic mass is 10.1. The van der Waals surface area contributed by atoms with Crippen LogP contribution in [0, 0.1) is 29.1 Å². The minimum Gasteiger partial charge on any atom is -0.349 e. The summed E-state index contributed by atoms with van der Waals surface area (Å²) in [6.07, 6.45) is 0.276. The van der Waals surface area contributed by atoms with Gasteiger partial charge < -0.3 is 5.32 Å². The quantitative estimate of drug-likeness (QED) is 0.487. The molecule has 24 heavy (non-hydrogen) atoms. The highest BCUT2D eigenvalue weighted by atomic mass is 35.5. The van der Waals surface area contributed by atoms with Gasteiger partial charge in [-0.05, 0) is 31.0 Å². The van der Waals surface area contributed by atoms with Crippen molar-refractivity contribution in [3.8, 4) is 0 Å². The van der Waals surface area contributed by atoms with Gasteiger partial charge in [-0.15, -0.1) is 0 Å². The van der Waals surface area contributed by atoms with Gasteiger partial charge in [-0.2, -0.15) is 0 Å². The summed E-state index contributed by atoms with van der Waals surface area (Å²) >= 11 is 5.74. The second-order valence-corrected chi connectivity index (χ2v) is 5.59. The predicted molar refractivity (Wildman–Crippen MR) is 78.3 cm³/mol. The van der Waals surface area contributed by atoms with E-state index in [9.17, 15) is 26.7 Å². The molecule has 2 aromatic rings. The molecule has 0 fully saturated rings. The van der Waals surface area contributed by atoms with Crippen LogP contribution in [0.25, 0.3) is 0 Å². The number of carbonyl (C=O) groups excluding carboxylic acids is 1. The molecule has 0 aromatic heterocycles. The van der Waals surface area contributed by atoms with E-state index in [1.165, 1.54) is 6.92 Å². The molecule has 0 bridgehead atoms. The largest absolute Gasteiger partial charge is 0.349 e. The Morgan fingerprint density at radius 1 is 0.958 bits per heavy atom. The predicted octanol–water partition coefficient (Wildman–Crippen LogP) is 4.40. The van der Waals surface area contributed by atoms with Gasteiger partial charge >= 0.3 is 0 Å². The molecular formula is C16H11ClF5NO. The number of carbonyl (C=O) groups is 1. The minimum atomic E-state index is -2.31. The molecule has 0 spiro atoms. The molecular weight excluding hydrogens is 353 g/mol. The third-order valence-corrected chi connectivity index (χ3v) is 3.52. The normalized spacial score (nSPS) is 12.1. The Bertz CT molecular complexity index is 750. The summed E-state index contributed by atoms with van der Waals surface area (Å²) in [5.74, 6) is -12.3. The molecule has 1 amide bonds.